The highest BCUT2D eigenvalue weighted by Crippen LogP contribution is 2.31. The molecule has 0 unspecified atom stereocenters. The fourth-order valence-electron chi connectivity index (χ4n) is 2.72. The van der Waals surface area contributed by atoms with Gasteiger partial charge in [-0.1, -0.05) is 0 Å². The maximum absolute atomic E-state index is 13.1. The molecule has 0 bridgehead atoms. The molecule has 1 aromatic heterocycles. The third-order valence-corrected chi connectivity index (χ3v) is 4.09. The minimum atomic E-state index is -0.357. The van der Waals surface area contributed by atoms with Gasteiger partial charge in [-0.3, -0.25) is 4.79 Å². The number of rotatable bonds is 3. The number of benzene rings is 3. The fourth-order valence-corrected chi connectivity index (χ4v) is 2.72. The molecule has 0 saturated carbocycles. The van der Waals surface area contributed by atoms with E-state index in [4.69, 9.17) is 20.6 Å². The van der Waals surface area contributed by atoms with Crippen LogP contribution in [0, 0.1) is 5.82 Å². The highest BCUT2D eigenvalue weighted by atomic mass is 19.1. The topological polar surface area (TPSA) is 91.5 Å². The lowest BCUT2D eigenvalue weighted by atomic mass is 10.1. The van der Waals surface area contributed by atoms with Crippen LogP contribution in [0.3, 0.4) is 0 Å². The summed E-state index contributed by atoms with van der Waals surface area (Å²) in [4.78, 5) is 12.5. The van der Waals surface area contributed by atoms with Crippen LogP contribution in [0.5, 0.6) is 11.5 Å². The molecule has 0 radical (unpaired) electrons. The van der Waals surface area contributed by atoms with E-state index in [-0.39, 0.29) is 11.2 Å². The van der Waals surface area contributed by atoms with E-state index in [2.05, 4.69) is 0 Å². The quantitative estimate of drug-likeness (QED) is 0.522. The lowest BCUT2D eigenvalue weighted by Crippen LogP contribution is -2.01. The van der Waals surface area contributed by atoms with Gasteiger partial charge in [-0.15, -0.1) is 0 Å². The number of fused-ring (bicyclic) bond motifs is 1. The summed E-state index contributed by atoms with van der Waals surface area (Å²) in [5.41, 5.74) is 13.4. The van der Waals surface area contributed by atoms with Crippen LogP contribution in [0.25, 0.3) is 22.3 Å². The average molecular weight is 362 g/mol. The van der Waals surface area contributed by atoms with Crippen LogP contribution in [0.1, 0.15) is 0 Å². The van der Waals surface area contributed by atoms with Gasteiger partial charge in [0, 0.05) is 23.4 Å². The summed E-state index contributed by atoms with van der Waals surface area (Å²) in [7, 11) is 0. The van der Waals surface area contributed by atoms with Crippen molar-refractivity contribution in [1.29, 1.82) is 0 Å². The van der Waals surface area contributed by atoms with E-state index in [1.54, 1.807) is 48.5 Å². The predicted molar refractivity (Wildman–Crippen MR) is 103 cm³/mol. The van der Waals surface area contributed by atoms with E-state index in [0.29, 0.717) is 45.2 Å². The molecule has 0 aliphatic heterocycles. The SMILES string of the molecule is Nc1ccc(N)c(Oc2ccc3oc(-c4ccc(F)cc4)cc(=O)c3c2)c1. The lowest BCUT2D eigenvalue weighted by molar-refractivity contribution is 0.485. The molecule has 6 heteroatoms. The Labute approximate surface area is 153 Å². The normalized spacial score (nSPS) is 10.9. The summed E-state index contributed by atoms with van der Waals surface area (Å²) in [5, 5.41) is 0.362. The molecule has 1 heterocycles. The van der Waals surface area contributed by atoms with Crippen LogP contribution in [0.2, 0.25) is 0 Å². The van der Waals surface area contributed by atoms with Gasteiger partial charge < -0.3 is 20.6 Å². The van der Waals surface area contributed by atoms with Crippen molar-refractivity contribution >= 4 is 22.3 Å². The Hall–Kier alpha value is -3.80. The van der Waals surface area contributed by atoms with Crippen LogP contribution in [-0.2, 0) is 0 Å². The number of ether oxygens (including phenoxy) is 1. The molecular formula is C21H15FN2O3. The zero-order valence-corrected chi connectivity index (χ0v) is 14.1. The van der Waals surface area contributed by atoms with Crippen LogP contribution in [-0.4, -0.2) is 0 Å². The largest absolute Gasteiger partial charge is 0.456 e. The summed E-state index contributed by atoms with van der Waals surface area (Å²) in [6.07, 6.45) is 0. The Balaban J connectivity index is 1.74. The number of nitrogens with two attached hydrogens (primary N) is 2. The van der Waals surface area contributed by atoms with Crippen molar-refractivity contribution in [2.45, 2.75) is 0 Å². The zero-order valence-electron chi connectivity index (χ0n) is 14.1. The Kier molecular flexibility index (Phi) is 4.01. The van der Waals surface area contributed by atoms with E-state index in [1.807, 2.05) is 0 Å². The molecule has 0 amide bonds. The Bertz CT molecular complexity index is 1200. The van der Waals surface area contributed by atoms with E-state index < -0.39 is 0 Å². The molecule has 4 aromatic rings. The Morgan fingerprint density at radius 2 is 1.67 bits per heavy atom. The van der Waals surface area contributed by atoms with E-state index in [0.717, 1.165) is 0 Å². The van der Waals surface area contributed by atoms with E-state index >= 15 is 0 Å². The van der Waals surface area contributed by atoms with Crippen molar-refractivity contribution in [2.24, 2.45) is 0 Å². The van der Waals surface area contributed by atoms with Crippen LogP contribution in [0.4, 0.5) is 15.8 Å². The number of hydrogen-bond acceptors (Lipinski definition) is 5. The summed E-state index contributed by atoms with van der Waals surface area (Å²) in [6, 6.07) is 16.9. The number of nitrogen functional groups attached to an aromatic ring is 2. The number of hydrogen-bond donors (Lipinski definition) is 2. The molecule has 3 aromatic carbocycles. The lowest BCUT2D eigenvalue weighted by Gasteiger charge is -2.10. The van der Waals surface area contributed by atoms with Crippen LogP contribution < -0.4 is 21.6 Å². The van der Waals surface area contributed by atoms with Gasteiger partial charge in [-0.25, -0.2) is 4.39 Å². The van der Waals surface area contributed by atoms with Crippen molar-refractivity contribution in [3.63, 3.8) is 0 Å². The maximum atomic E-state index is 13.1. The Morgan fingerprint density at radius 1 is 0.889 bits per heavy atom. The van der Waals surface area contributed by atoms with Crippen molar-refractivity contribution < 1.29 is 13.5 Å². The zero-order chi connectivity index (χ0) is 19.0. The third-order valence-electron chi connectivity index (χ3n) is 4.09. The van der Waals surface area contributed by atoms with Gasteiger partial charge in [0.15, 0.2) is 11.2 Å². The molecule has 0 aliphatic rings. The predicted octanol–water partition coefficient (Wildman–Crippen LogP) is 4.56. The first-order chi connectivity index (χ1) is 13.0. The van der Waals surface area contributed by atoms with E-state index in [1.165, 1.54) is 18.2 Å². The molecular weight excluding hydrogens is 347 g/mol. The van der Waals surface area contributed by atoms with Gasteiger partial charge in [0.2, 0.25) is 0 Å². The van der Waals surface area contributed by atoms with E-state index in [9.17, 15) is 9.18 Å². The molecule has 4 rings (SSSR count). The molecule has 0 aliphatic carbocycles. The van der Waals surface area contributed by atoms with Crippen molar-refractivity contribution in [2.75, 3.05) is 11.5 Å². The summed E-state index contributed by atoms with van der Waals surface area (Å²) >= 11 is 0. The molecule has 0 saturated heterocycles. The molecule has 5 nitrogen and oxygen atoms in total. The summed E-state index contributed by atoms with van der Waals surface area (Å²) in [6.45, 7) is 0. The second-order valence-corrected chi connectivity index (χ2v) is 6.04. The minimum absolute atomic E-state index is 0.235. The van der Waals surface area contributed by atoms with Gasteiger partial charge in [0.25, 0.3) is 0 Å². The molecule has 0 spiro atoms. The van der Waals surface area contributed by atoms with Gasteiger partial charge in [-0.2, -0.15) is 0 Å². The first kappa shape index (κ1) is 16.7. The van der Waals surface area contributed by atoms with Crippen molar-refractivity contribution in [1.82, 2.24) is 0 Å². The molecule has 0 fully saturated rings. The second-order valence-electron chi connectivity index (χ2n) is 6.04. The standard InChI is InChI=1S/C21H15FN2O3/c22-13-3-1-12(2-4-13)20-11-18(25)16-10-15(6-8-19(16)27-20)26-21-9-14(23)5-7-17(21)24/h1-11H,23-24H2. The summed E-state index contributed by atoms with van der Waals surface area (Å²) < 4.78 is 24.6. The van der Waals surface area contributed by atoms with Gasteiger partial charge in [0.1, 0.15) is 22.9 Å². The van der Waals surface area contributed by atoms with Gasteiger partial charge in [0.05, 0.1) is 11.1 Å². The first-order valence-electron chi connectivity index (χ1n) is 8.16. The van der Waals surface area contributed by atoms with Gasteiger partial charge in [-0.05, 0) is 54.6 Å². The Morgan fingerprint density at radius 3 is 2.44 bits per heavy atom. The van der Waals surface area contributed by atoms with Crippen molar-refractivity contribution in [3.05, 3.63) is 82.8 Å². The molecule has 0 atom stereocenters. The maximum Gasteiger partial charge on any atom is 0.193 e. The third kappa shape index (κ3) is 3.32. The average Bonchev–Trinajstić information content (AvgIpc) is 2.65. The summed E-state index contributed by atoms with van der Waals surface area (Å²) in [5.74, 6) is 0.842. The van der Waals surface area contributed by atoms with Crippen LogP contribution in [0.15, 0.2) is 75.9 Å². The van der Waals surface area contributed by atoms with Gasteiger partial charge >= 0.3 is 0 Å². The monoisotopic (exact) mass is 362 g/mol. The smallest absolute Gasteiger partial charge is 0.193 e. The highest BCUT2D eigenvalue weighted by molar-refractivity contribution is 5.80. The minimum Gasteiger partial charge on any atom is -0.456 e. The van der Waals surface area contributed by atoms with Crippen LogP contribution >= 0.6 is 0 Å². The number of anilines is 2. The highest BCUT2D eigenvalue weighted by Gasteiger charge is 2.10. The first-order valence-corrected chi connectivity index (χ1v) is 8.16. The fraction of sp³-hybridized carbons (Fsp3) is 0. The molecule has 27 heavy (non-hydrogen) atoms. The second kappa shape index (κ2) is 6.49. The van der Waals surface area contributed by atoms with Crippen molar-refractivity contribution in [3.8, 4) is 22.8 Å². The number of halogens is 1. The molecule has 4 N–H and O–H groups in total. The molecule has 134 valence electrons.